The van der Waals surface area contributed by atoms with Crippen LogP contribution in [0.3, 0.4) is 0 Å². The van der Waals surface area contributed by atoms with Gasteiger partial charge in [-0.2, -0.15) is 0 Å². The van der Waals surface area contributed by atoms with Crippen LogP contribution in [0.25, 0.3) is 0 Å². The fourth-order valence-corrected chi connectivity index (χ4v) is 2.47. The van der Waals surface area contributed by atoms with E-state index >= 15 is 0 Å². The van der Waals surface area contributed by atoms with E-state index in [9.17, 15) is 4.79 Å². The summed E-state index contributed by atoms with van der Waals surface area (Å²) in [4.78, 5) is 13.9. The minimum Gasteiger partial charge on any atom is -0.484 e. The van der Waals surface area contributed by atoms with Crippen molar-refractivity contribution in [1.82, 2.24) is 10.2 Å². The van der Waals surface area contributed by atoms with Crippen molar-refractivity contribution in [3.8, 4) is 5.75 Å². The number of nitrogens with zero attached hydrogens (tertiary/aromatic N) is 1. The lowest BCUT2D eigenvalue weighted by Gasteiger charge is -2.32. The number of halogens is 1. The molecule has 5 heteroatoms. The molecule has 1 aromatic rings. The molecular weight excluding hydrogens is 308 g/mol. The van der Waals surface area contributed by atoms with Crippen molar-refractivity contribution in [1.29, 1.82) is 0 Å². The van der Waals surface area contributed by atoms with Gasteiger partial charge in [-0.3, -0.25) is 4.79 Å². The van der Waals surface area contributed by atoms with E-state index < -0.39 is 0 Å². The lowest BCUT2D eigenvalue weighted by Crippen LogP contribution is -2.48. The average molecular weight is 327 g/mol. The molecule has 1 N–H and O–H groups in total. The molecule has 0 unspecified atom stereocenters. The predicted molar refractivity (Wildman–Crippen MR) is 78.3 cm³/mol. The summed E-state index contributed by atoms with van der Waals surface area (Å²) in [6, 6.07) is 7.91. The molecular formula is C14H19BrN2O2. The van der Waals surface area contributed by atoms with Crippen molar-refractivity contribution in [2.24, 2.45) is 0 Å². The highest BCUT2D eigenvalue weighted by Gasteiger charge is 2.22. The number of ether oxygens (including phenoxy) is 1. The number of likely N-dealkylation sites (tertiary alicyclic amines) is 1. The molecule has 0 aliphatic carbocycles. The van der Waals surface area contributed by atoms with Gasteiger partial charge in [-0.1, -0.05) is 15.9 Å². The maximum Gasteiger partial charge on any atom is 0.260 e. The summed E-state index contributed by atoms with van der Waals surface area (Å²) < 4.78 is 6.51. The van der Waals surface area contributed by atoms with E-state index in [4.69, 9.17) is 4.74 Å². The topological polar surface area (TPSA) is 41.6 Å². The molecule has 1 heterocycles. The molecule has 0 radical (unpaired) electrons. The molecule has 1 aliphatic rings. The highest BCUT2D eigenvalue weighted by molar-refractivity contribution is 9.10. The second-order valence-corrected chi connectivity index (χ2v) is 5.63. The first-order valence-corrected chi connectivity index (χ1v) is 7.32. The van der Waals surface area contributed by atoms with Crippen molar-refractivity contribution in [3.05, 3.63) is 28.7 Å². The zero-order valence-electron chi connectivity index (χ0n) is 11.1. The Hall–Kier alpha value is -1.07. The molecule has 4 nitrogen and oxygen atoms in total. The van der Waals surface area contributed by atoms with Crippen LogP contribution >= 0.6 is 15.9 Å². The quantitative estimate of drug-likeness (QED) is 0.920. The van der Waals surface area contributed by atoms with Crippen molar-refractivity contribution in [2.75, 3.05) is 26.7 Å². The summed E-state index contributed by atoms with van der Waals surface area (Å²) in [6.07, 6.45) is 2.18. The molecule has 1 saturated heterocycles. The van der Waals surface area contributed by atoms with Crippen molar-refractivity contribution >= 4 is 21.8 Å². The van der Waals surface area contributed by atoms with Crippen molar-refractivity contribution in [3.63, 3.8) is 0 Å². The molecule has 1 fully saturated rings. The van der Waals surface area contributed by atoms with Gasteiger partial charge in [0.25, 0.3) is 5.91 Å². The Bertz CT molecular complexity index is 422. The third-order valence-corrected chi connectivity index (χ3v) is 3.89. The maximum atomic E-state index is 12.1. The van der Waals surface area contributed by atoms with Crippen LogP contribution in [-0.2, 0) is 4.79 Å². The summed E-state index contributed by atoms with van der Waals surface area (Å²) in [6.45, 7) is 1.72. The number of carbonyl (C=O) groups is 1. The fraction of sp³-hybridized carbons (Fsp3) is 0.500. The van der Waals surface area contributed by atoms with Crippen LogP contribution < -0.4 is 10.1 Å². The first-order valence-electron chi connectivity index (χ1n) is 6.52. The Morgan fingerprint density at radius 1 is 1.47 bits per heavy atom. The Balaban J connectivity index is 1.82. The van der Waals surface area contributed by atoms with Gasteiger partial charge in [0.05, 0.1) is 0 Å². The molecule has 0 saturated carbocycles. The molecule has 1 aromatic carbocycles. The Morgan fingerprint density at radius 3 is 2.89 bits per heavy atom. The van der Waals surface area contributed by atoms with Crippen molar-refractivity contribution < 1.29 is 9.53 Å². The molecule has 0 aromatic heterocycles. The van der Waals surface area contributed by atoms with Gasteiger partial charge < -0.3 is 15.0 Å². The summed E-state index contributed by atoms with van der Waals surface area (Å²) >= 11 is 3.36. The monoisotopic (exact) mass is 326 g/mol. The highest BCUT2D eigenvalue weighted by atomic mass is 79.9. The van der Waals surface area contributed by atoms with Gasteiger partial charge in [0.2, 0.25) is 0 Å². The molecule has 2 rings (SSSR count). The molecule has 1 atom stereocenters. The first kappa shape index (κ1) is 14.3. The summed E-state index contributed by atoms with van der Waals surface area (Å²) in [5, 5.41) is 3.23. The van der Waals surface area contributed by atoms with Crippen LogP contribution in [0.1, 0.15) is 12.8 Å². The van der Waals surface area contributed by atoms with Crippen LogP contribution in [0.2, 0.25) is 0 Å². The number of carbonyl (C=O) groups excluding carboxylic acids is 1. The number of rotatable bonds is 4. The van der Waals surface area contributed by atoms with Crippen LogP contribution in [-0.4, -0.2) is 43.6 Å². The fourth-order valence-electron chi connectivity index (χ4n) is 2.21. The summed E-state index contributed by atoms with van der Waals surface area (Å²) in [5.41, 5.74) is 0. The number of benzene rings is 1. The number of nitrogens with one attached hydrogen (secondary N) is 1. The number of hydrogen-bond donors (Lipinski definition) is 1. The van der Waals surface area contributed by atoms with Crippen molar-refractivity contribution in [2.45, 2.75) is 18.9 Å². The van der Waals surface area contributed by atoms with Gasteiger partial charge in [-0.05, 0) is 44.2 Å². The normalized spacial score (nSPS) is 19.3. The summed E-state index contributed by atoms with van der Waals surface area (Å²) in [7, 11) is 1.94. The van der Waals surface area contributed by atoms with Crippen LogP contribution in [0, 0.1) is 0 Å². The van der Waals surface area contributed by atoms with E-state index in [-0.39, 0.29) is 12.5 Å². The van der Waals surface area contributed by atoms with E-state index in [1.165, 1.54) is 0 Å². The van der Waals surface area contributed by atoms with E-state index in [0.717, 1.165) is 36.2 Å². The predicted octanol–water partition coefficient (Wildman–Crippen LogP) is 2.04. The second-order valence-electron chi connectivity index (χ2n) is 4.71. The van der Waals surface area contributed by atoms with Crippen LogP contribution in [0.5, 0.6) is 5.75 Å². The van der Waals surface area contributed by atoms with Gasteiger partial charge >= 0.3 is 0 Å². The zero-order valence-corrected chi connectivity index (χ0v) is 12.6. The molecule has 1 amide bonds. The van der Waals surface area contributed by atoms with Crippen LogP contribution in [0.15, 0.2) is 28.7 Å². The average Bonchev–Trinajstić information content (AvgIpc) is 2.46. The molecule has 0 spiro atoms. The Labute approximate surface area is 122 Å². The lowest BCUT2D eigenvalue weighted by molar-refractivity contribution is -0.134. The van der Waals surface area contributed by atoms with Gasteiger partial charge in [-0.15, -0.1) is 0 Å². The molecule has 1 aliphatic heterocycles. The van der Waals surface area contributed by atoms with E-state index in [2.05, 4.69) is 21.2 Å². The number of hydrogen-bond acceptors (Lipinski definition) is 3. The standard InChI is InChI=1S/C14H19BrN2O2/c1-16-12-3-2-8-17(9-12)14(18)10-19-13-6-4-11(15)5-7-13/h4-7,12,16H,2-3,8-10H2,1H3/t12-/m0/s1. The smallest absolute Gasteiger partial charge is 0.260 e. The maximum absolute atomic E-state index is 12.1. The minimum absolute atomic E-state index is 0.0582. The van der Waals surface area contributed by atoms with E-state index in [1.807, 2.05) is 36.2 Å². The van der Waals surface area contributed by atoms with E-state index in [0.29, 0.717) is 6.04 Å². The largest absolute Gasteiger partial charge is 0.484 e. The number of piperidine rings is 1. The molecule has 0 bridgehead atoms. The third-order valence-electron chi connectivity index (χ3n) is 3.36. The third kappa shape index (κ3) is 4.21. The number of likely N-dealkylation sites (N-methyl/N-ethyl adjacent to an activating group) is 1. The van der Waals surface area contributed by atoms with Crippen LogP contribution in [0.4, 0.5) is 0 Å². The van der Waals surface area contributed by atoms with Gasteiger partial charge in [0, 0.05) is 23.6 Å². The second kappa shape index (κ2) is 6.91. The molecule has 19 heavy (non-hydrogen) atoms. The first-order chi connectivity index (χ1) is 9.19. The molecule has 104 valence electrons. The zero-order chi connectivity index (χ0) is 13.7. The van der Waals surface area contributed by atoms with E-state index in [1.54, 1.807) is 0 Å². The lowest BCUT2D eigenvalue weighted by atomic mass is 10.1. The Kier molecular flexibility index (Phi) is 5.22. The highest BCUT2D eigenvalue weighted by Crippen LogP contribution is 2.16. The minimum atomic E-state index is 0.0582. The summed E-state index contributed by atoms with van der Waals surface area (Å²) in [5.74, 6) is 0.779. The SMILES string of the molecule is CN[C@H]1CCCN(C(=O)COc2ccc(Br)cc2)C1. The van der Waals surface area contributed by atoms with Gasteiger partial charge in [-0.25, -0.2) is 0 Å². The number of amides is 1. The van der Waals surface area contributed by atoms with Gasteiger partial charge in [0.15, 0.2) is 6.61 Å². The Morgan fingerprint density at radius 2 is 2.21 bits per heavy atom. The van der Waals surface area contributed by atoms with Gasteiger partial charge in [0.1, 0.15) is 5.75 Å².